The van der Waals surface area contributed by atoms with Gasteiger partial charge in [-0.1, -0.05) is 26.0 Å². The van der Waals surface area contributed by atoms with Crippen LogP contribution in [0.3, 0.4) is 0 Å². The number of hydrogen-bond donors (Lipinski definition) is 1. The molecule has 0 aromatic rings. The summed E-state index contributed by atoms with van der Waals surface area (Å²) in [6, 6.07) is -0.641. The molecule has 1 N–H and O–H groups in total. The maximum Gasteiger partial charge on any atom is 0.247 e. The van der Waals surface area contributed by atoms with E-state index in [9.17, 15) is 19.5 Å². The Hall–Kier alpha value is -1.80. The number of unbranched alkanes of at least 4 members (excludes halogenated alkanes) is 1. The Morgan fingerprint density at radius 3 is 2.49 bits per heavy atom. The van der Waals surface area contributed by atoms with Crippen molar-refractivity contribution in [1.29, 1.82) is 0 Å². The molecule has 3 aliphatic rings. The molecule has 0 saturated carbocycles. The topological polar surface area (TPSA) is 81.2 Å². The quantitative estimate of drug-likeness (QED) is 0.308. The number of fused-ring (bicyclic) bond motifs is 1. The molecule has 7 nitrogen and oxygen atoms in total. The van der Waals surface area contributed by atoms with Crippen LogP contribution in [0.4, 0.5) is 0 Å². The van der Waals surface area contributed by atoms with E-state index in [0.717, 1.165) is 12.8 Å². The summed E-state index contributed by atoms with van der Waals surface area (Å²) >= 11 is 1.72. The van der Waals surface area contributed by atoms with Crippen molar-refractivity contribution >= 4 is 29.5 Å². The fourth-order valence-electron chi connectivity index (χ4n) is 6.49. The molecule has 3 amide bonds. The zero-order chi connectivity index (χ0) is 25.9. The van der Waals surface area contributed by atoms with E-state index < -0.39 is 22.6 Å². The third-order valence-corrected chi connectivity index (χ3v) is 10.0. The second kappa shape index (κ2) is 11.5. The minimum atomic E-state index is -0.612. The molecule has 3 aliphatic heterocycles. The Labute approximate surface area is 215 Å². The molecule has 2 bridgehead atoms. The number of nitrogens with zero attached hydrogens (tertiary/aromatic N) is 3. The lowest BCUT2D eigenvalue weighted by Crippen LogP contribution is -2.58. The van der Waals surface area contributed by atoms with Crippen LogP contribution in [0.2, 0.25) is 0 Å². The van der Waals surface area contributed by atoms with Gasteiger partial charge in [-0.2, -0.15) is 0 Å². The van der Waals surface area contributed by atoms with Gasteiger partial charge in [0.1, 0.15) is 6.04 Å². The van der Waals surface area contributed by atoms with Crippen molar-refractivity contribution in [1.82, 2.24) is 14.7 Å². The predicted octanol–water partition coefficient (Wildman–Crippen LogP) is 2.94. The summed E-state index contributed by atoms with van der Waals surface area (Å²) in [5, 5.41) is 9.38. The van der Waals surface area contributed by atoms with Crippen molar-refractivity contribution in [3.05, 3.63) is 25.3 Å². The lowest BCUT2D eigenvalue weighted by Gasteiger charge is -2.41. The van der Waals surface area contributed by atoms with Gasteiger partial charge in [-0.3, -0.25) is 14.4 Å². The zero-order valence-electron chi connectivity index (χ0n) is 21.8. The highest BCUT2D eigenvalue weighted by molar-refractivity contribution is 8.02. The second-order valence-electron chi connectivity index (χ2n) is 10.5. The fraction of sp³-hybridized carbons (Fsp3) is 0.741. The van der Waals surface area contributed by atoms with Gasteiger partial charge < -0.3 is 19.8 Å². The normalized spacial score (nSPS) is 31.1. The molecule has 3 heterocycles. The highest BCUT2D eigenvalue weighted by Gasteiger charge is 2.76. The second-order valence-corrected chi connectivity index (χ2v) is 12.0. The first kappa shape index (κ1) is 27.8. The molecule has 0 radical (unpaired) electrons. The molecule has 196 valence electrons. The highest BCUT2D eigenvalue weighted by Crippen LogP contribution is 2.68. The monoisotopic (exact) mass is 505 g/mol. The molecule has 3 saturated heterocycles. The molecule has 35 heavy (non-hydrogen) atoms. The predicted molar refractivity (Wildman–Crippen MR) is 141 cm³/mol. The maximum atomic E-state index is 14.2. The molecule has 0 aliphatic carbocycles. The van der Waals surface area contributed by atoms with Crippen molar-refractivity contribution in [3.63, 3.8) is 0 Å². The van der Waals surface area contributed by atoms with Crippen molar-refractivity contribution in [2.45, 2.75) is 75.5 Å². The largest absolute Gasteiger partial charge is 0.396 e. The molecule has 6 atom stereocenters. The molecule has 0 aromatic carbocycles. The number of aliphatic hydroxyl groups is 1. The summed E-state index contributed by atoms with van der Waals surface area (Å²) in [5.41, 5.74) is 0. The Kier molecular flexibility index (Phi) is 9.13. The van der Waals surface area contributed by atoms with Gasteiger partial charge in [0.2, 0.25) is 17.7 Å². The molecule has 1 spiro atoms. The zero-order valence-corrected chi connectivity index (χ0v) is 22.6. The Balaban J connectivity index is 2.06. The number of rotatable bonds is 13. The number of likely N-dealkylation sites (tertiary alicyclic amines) is 1. The van der Waals surface area contributed by atoms with E-state index >= 15 is 0 Å². The average Bonchev–Trinajstić information content (AvgIpc) is 3.40. The minimum absolute atomic E-state index is 0.0200. The lowest BCUT2D eigenvalue weighted by atomic mass is 9.65. The number of amides is 3. The number of carbonyl (C=O) groups excluding carboxylic acids is 3. The van der Waals surface area contributed by atoms with Gasteiger partial charge >= 0.3 is 0 Å². The van der Waals surface area contributed by atoms with Crippen LogP contribution in [0.15, 0.2) is 25.3 Å². The van der Waals surface area contributed by atoms with E-state index in [2.05, 4.69) is 20.1 Å². The molecule has 3 unspecified atom stereocenters. The third-order valence-electron chi connectivity index (χ3n) is 7.96. The maximum absolute atomic E-state index is 14.2. The van der Waals surface area contributed by atoms with Crippen LogP contribution < -0.4 is 0 Å². The summed E-state index contributed by atoms with van der Waals surface area (Å²) in [6.45, 7) is 17.8. The van der Waals surface area contributed by atoms with Crippen molar-refractivity contribution in [2.75, 3.05) is 32.8 Å². The number of hydrogen-bond acceptors (Lipinski definition) is 5. The summed E-state index contributed by atoms with van der Waals surface area (Å²) in [6.07, 6.45) is 6.33. The van der Waals surface area contributed by atoms with E-state index in [1.807, 2.05) is 25.7 Å². The van der Waals surface area contributed by atoms with Crippen molar-refractivity contribution < 1.29 is 19.5 Å². The van der Waals surface area contributed by atoms with Crippen molar-refractivity contribution in [3.8, 4) is 0 Å². The molecule has 3 rings (SSSR count). The van der Waals surface area contributed by atoms with Crippen LogP contribution in [0.1, 0.15) is 53.4 Å². The first-order valence-electron chi connectivity index (χ1n) is 13.1. The van der Waals surface area contributed by atoms with Gasteiger partial charge in [0.05, 0.1) is 16.6 Å². The lowest BCUT2D eigenvalue weighted by molar-refractivity contribution is -0.145. The minimum Gasteiger partial charge on any atom is -0.396 e. The van der Waals surface area contributed by atoms with E-state index in [-0.39, 0.29) is 41.5 Å². The van der Waals surface area contributed by atoms with Crippen LogP contribution in [-0.2, 0) is 14.4 Å². The van der Waals surface area contributed by atoms with E-state index in [1.54, 1.807) is 33.7 Å². The van der Waals surface area contributed by atoms with Gasteiger partial charge in [-0.15, -0.1) is 24.9 Å². The first-order chi connectivity index (χ1) is 16.7. The average molecular weight is 506 g/mol. The fourth-order valence-corrected chi connectivity index (χ4v) is 8.90. The third kappa shape index (κ3) is 4.68. The summed E-state index contributed by atoms with van der Waals surface area (Å²) in [7, 11) is 0. The van der Waals surface area contributed by atoms with Gasteiger partial charge in [-0.05, 0) is 45.4 Å². The molecule has 0 aromatic heterocycles. The molecule has 8 heteroatoms. The number of thioether (sulfide) groups is 1. The molecular formula is C27H43N3O4S. The van der Waals surface area contributed by atoms with Crippen molar-refractivity contribution in [2.24, 2.45) is 17.8 Å². The van der Waals surface area contributed by atoms with Crippen LogP contribution in [0.25, 0.3) is 0 Å². The van der Waals surface area contributed by atoms with Crippen LogP contribution in [0.5, 0.6) is 0 Å². The first-order valence-corrected chi connectivity index (χ1v) is 14.0. The van der Waals surface area contributed by atoms with Gasteiger partial charge in [0, 0.05) is 44.1 Å². The van der Waals surface area contributed by atoms with Crippen LogP contribution >= 0.6 is 11.8 Å². The highest BCUT2D eigenvalue weighted by atomic mass is 32.2. The standard InChI is InChI=1S/C27H43N3O4S/c1-7-12-28(13-8-2)24(32)21-20-17-19(6)27(35-20)22(21)25(33)30(15-10-11-16-31)23(27)26(34)29(14-9-3)18(4)5/h7,9,18-23,31H,1,3,8,10-17H2,2,4-6H3/t19?,20-,21+,22+,23?,27?/m1/s1. The van der Waals surface area contributed by atoms with E-state index in [4.69, 9.17) is 0 Å². The van der Waals surface area contributed by atoms with Gasteiger partial charge in [0.15, 0.2) is 0 Å². The van der Waals surface area contributed by atoms with Crippen LogP contribution in [-0.4, -0.2) is 92.4 Å². The van der Waals surface area contributed by atoms with E-state index in [0.29, 0.717) is 39.0 Å². The molecular weight excluding hydrogens is 462 g/mol. The van der Waals surface area contributed by atoms with E-state index in [1.165, 1.54) is 0 Å². The van der Waals surface area contributed by atoms with Gasteiger partial charge in [-0.25, -0.2) is 0 Å². The Morgan fingerprint density at radius 2 is 1.91 bits per heavy atom. The number of aliphatic hydroxyl groups excluding tert-OH is 1. The Morgan fingerprint density at radius 1 is 1.23 bits per heavy atom. The van der Waals surface area contributed by atoms with Gasteiger partial charge in [0.25, 0.3) is 0 Å². The Bertz CT molecular complexity index is 833. The van der Waals surface area contributed by atoms with Crippen LogP contribution in [0, 0.1) is 17.8 Å². The summed E-state index contributed by atoms with van der Waals surface area (Å²) in [5.74, 6) is -0.877. The summed E-state index contributed by atoms with van der Waals surface area (Å²) < 4.78 is -0.612. The summed E-state index contributed by atoms with van der Waals surface area (Å²) in [4.78, 5) is 47.5. The SMILES string of the molecule is C=CCN(CCC)C(=O)[C@@H]1[C@H]2C(=O)N(CCCCO)C(C(=O)N(CC=C)C(C)C)C23S[C@@H]1CC3C. The number of carbonyl (C=O) groups is 3. The molecule has 3 fully saturated rings. The smallest absolute Gasteiger partial charge is 0.247 e.